The van der Waals surface area contributed by atoms with Crippen molar-refractivity contribution >= 4 is 0 Å². The highest BCUT2D eigenvalue weighted by Crippen LogP contribution is 2.19. The first-order valence-corrected chi connectivity index (χ1v) is 6.47. The molecule has 1 heterocycles. The Hall–Kier alpha value is -0.0800. The Morgan fingerprint density at radius 1 is 1.33 bits per heavy atom. The van der Waals surface area contributed by atoms with Crippen LogP contribution in [0.1, 0.15) is 47.0 Å². The molecule has 1 saturated heterocycles. The summed E-state index contributed by atoms with van der Waals surface area (Å²) >= 11 is 0. The zero-order chi connectivity index (χ0) is 11.3. The lowest BCUT2D eigenvalue weighted by atomic mass is 9.92. The first-order valence-electron chi connectivity index (χ1n) is 6.47. The van der Waals surface area contributed by atoms with Gasteiger partial charge in [0.05, 0.1) is 0 Å². The number of nitrogens with zero attached hydrogens (tertiary/aromatic N) is 1. The molecule has 15 heavy (non-hydrogen) atoms. The van der Waals surface area contributed by atoms with E-state index in [1.54, 1.807) is 0 Å². The van der Waals surface area contributed by atoms with Crippen molar-refractivity contribution in [2.45, 2.75) is 53.0 Å². The number of hydrogen-bond donors (Lipinski definition) is 1. The lowest BCUT2D eigenvalue weighted by Crippen LogP contribution is -2.38. The second-order valence-electron chi connectivity index (χ2n) is 6.00. The average molecular weight is 212 g/mol. The topological polar surface area (TPSA) is 15.3 Å². The van der Waals surface area contributed by atoms with Gasteiger partial charge in [-0.1, -0.05) is 27.7 Å². The highest BCUT2D eigenvalue weighted by Gasteiger charge is 2.18. The SMILES string of the molecule is CCN(CCC(C)(C)C)CC1CCCN1. The third kappa shape index (κ3) is 5.53. The molecule has 1 unspecified atom stereocenters. The molecule has 0 amide bonds. The number of nitrogens with one attached hydrogen (secondary N) is 1. The summed E-state index contributed by atoms with van der Waals surface area (Å²) in [6, 6.07) is 0.755. The van der Waals surface area contributed by atoms with Gasteiger partial charge in [0.25, 0.3) is 0 Å². The summed E-state index contributed by atoms with van der Waals surface area (Å²) in [4.78, 5) is 2.59. The molecular formula is C13H28N2. The fraction of sp³-hybridized carbons (Fsp3) is 1.00. The first-order chi connectivity index (χ1) is 7.01. The lowest BCUT2D eigenvalue weighted by Gasteiger charge is -2.27. The summed E-state index contributed by atoms with van der Waals surface area (Å²) in [5, 5.41) is 3.58. The summed E-state index contributed by atoms with van der Waals surface area (Å²) in [6.07, 6.45) is 4.03. The van der Waals surface area contributed by atoms with Crippen molar-refractivity contribution < 1.29 is 0 Å². The molecule has 1 N–H and O–H groups in total. The molecule has 0 saturated carbocycles. The van der Waals surface area contributed by atoms with Crippen LogP contribution in [0.2, 0.25) is 0 Å². The lowest BCUT2D eigenvalue weighted by molar-refractivity contribution is 0.220. The van der Waals surface area contributed by atoms with Crippen molar-refractivity contribution in [1.82, 2.24) is 10.2 Å². The Balaban J connectivity index is 2.22. The van der Waals surface area contributed by atoms with E-state index in [1.165, 1.54) is 45.4 Å². The van der Waals surface area contributed by atoms with E-state index < -0.39 is 0 Å². The standard InChI is InChI=1S/C13H28N2/c1-5-15(10-8-13(2,3)4)11-12-7-6-9-14-12/h12,14H,5-11H2,1-4H3. The Labute approximate surface area is 95.4 Å². The van der Waals surface area contributed by atoms with E-state index in [0.717, 1.165) is 6.04 Å². The zero-order valence-corrected chi connectivity index (χ0v) is 11.0. The van der Waals surface area contributed by atoms with E-state index in [1.807, 2.05) is 0 Å². The van der Waals surface area contributed by atoms with Crippen molar-refractivity contribution in [1.29, 1.82) is 0 Å². The number of hydrogen-bond acceptors (Lipinski definition) is 2. The monoisotopic (exact) mass is 212 g/mol. The van der Waals surface area contributed by atoms with Crippen molar-refractivity contribution in [2.75, 3.05) is 26.2 Å². The van der Waals surface area contributed by atoms with Gasteiger partial charge in [0.15, 0.2) is 0 Å². The fourth-order valence-electron chi connectivity index (χ4n) is 2.10. The van der Waals surface area contributed by atoms with Gasteiger partial charge in [0.2, 0.25) is 0 Å². The second kappa shape index (κ2) is 5.86. The summed E-state index contributed by atoms with van der Waals surface area (Å²) in [7, 11) is 0. The second-order valence-corrected chi connectivity index (χ2v) is 6.00. The normalized spacial score (nSPS) is 22.6. The minimum absolute atomic E-state index is 0.469. The van der Waals surface area contributed by atoms with E-state index in [0.29, 0.717) is 5.41 Å². The Kier molecular flexibility index (Phi) is 5.07. The molecule has 0 aromatic carbocycles. The quantitative estimate of drug-likeness (QED) is 0.753. The summed E-state index contributed by atoms with van der Waals surface area (Å²) < 4.78 is 0. The molecule has 0 aromatic rings. The van der Waals surface area contributed by atoms with Crippen LogP contribution in [0.25, 0.3) is 0 Å². The third-order valence-electron chi connectivity index (χ3n) is 3.27. The molecule has 2 heteroatoms. The summed E-state index contributed by atoms with van der Waals surface area (Å²) in [6.45, 7) is 14.2. The molecule has 0 spiro atoms. The van der Waals surface area contributed by atoms with E-state index in [2.05, 4.69) is 37.9 Å². The highest BCUT2D eigenvalue weighted by molar-refractivity contribution is 4.78. The molecule has 1 rings (SSSR count). The van der Waals surface area contributed by atoms with Crippen LogP contribution in [0.5, 0.6) is 0 Å². The zero-order valence-electron chi connectivity index (χ0n) is 11.0. The molecule has 1 atom stereocenters. The van der Waals surface area contributed by atoms with Gasteiger partial charge in [-0.25, -0.2) is 0 Å². The molecular weight excluding hydrogens is 184 g/mol. The van der Waals surface area contributed by atoms with Crippen LogP contribution in [-0.4, -0.2) is 37.1 Å². The Bertz CT molecular complexity index is 166. The molecule has 1 aliphatic rings. The van der Waals surface area contributed by atoms with Gasteiger partial charge in [-0.15, -0.1) is 0 Å². The van der Waals surface area contributed by atoms with E-state index in [9.17, 15) is 0 Å². The molecule has 1 aliphatic heterocycles. The fourth-order valence-corrected chi connectivity index (χ4v) is 2.10. The predicted octanol–water partition coefficient (Wildman–Crippen LogP) is 2.50. The molecule has 0 aromatic heterocycles. The van der Waals surface area contributed by atoms with Crippen LogP contribution >= 0.6 is 0 Å². The van der Waals surface area contributed by atoms with Gasteiger partial charge in [-0.05, 0) is 44.3 Å². The molecule has 0 radical (unpaired) electrons. The smallest absolute Gasteiger partial charge is 0.0195 e. The first kappa shape index (κ1) is 13.0. The van der Waals surface area contributed by atoms with Crippen molar-refractivity contribution in [3.63, 3.8) is 0 Å². The van der Waals surface area contributed by atoms with Gasteiger partial charge >= 0.3 is 0 Å². The molecule has 2 nitrogen and oxygen atoms in total. The highest BCUT2D eigenvalue weighted by atomic mass is 15.1. The van der Waals surface area contributed by atoms with Gasteiger partial charge in [0, 0.05) is 12.6 Å². The van der Waals surface area contributed by atoms with Crippen LogP contribution < -0.4 is 5.32 Å². The largest absolute Gasteiger partial charge is 0.313 e. The van der Waals surface area contributed by atoms with Crippen LogP contribution in [0.3, 0.4) is 0 Å². The van der Waals surface area contributed by atoms with Gasteiger partial charge in [-0.2, -0.15) is 0 Å². The van der Waals surface area contributed by atoms with E-state index in [-0.39, 0.29) is 0 Å². The average Bonchev–Trinajstić information content (AvgIpc) is 2.63. The summed E-state index contributed by atoms with van der Waals surface area (Å²) in [5.74, 6) is 0. The maximum Gasteiger partial charge on any atom is 0.0195 e. The number of likely N-dealkylation sites (N-methyl/N-ethyl adjacent to an activating group) is 1. The van der Waals surface area contributed by atoms with Gasteiger partial charge in [0.1, 0.15) is 0 Å². The van der Waals surface area contributed by atoms with Gasteiger partial charge < -0.3 is 10.2 Å². The van der Waals surface area contributed by atoms with E-state index >= 15 is 0 Å². The Morgan fingerprint density at radius 3 is 2.53 bits per heavy atom. The minimum atomic E-state index is 0.469. The third-order valence-corrected chi connectivity index (χ3v) is 3.27. The van der Waals surface area contributed by atoms with Crippen LogP contribution in [-0.2, 0) is 0 Å². The van der Waals surface area contributed by atoms with E-state index in [4.69, 9.17) is 0 Å². The van der Waals surface area contributed by atoms with Gasteiger partial charge in [-0.3, -0.25) is 0 Å². The van der Waals surface area contributed by atoms with Crippen LogP contribution in [0.15, 0.2) is 0 Å². The molecule has 90 valence electrons. The maximum absolute atomic E-state index is 3.58. The number of rotatable bonds is 5. The maximum atomic E-state index is 3.58. The van der Waals surface area contributed by atoms with Crippen LogP contribution in [0, 0.1) is 5.41 Å². The molecule has 0 aliphatic carbocycles. The Morgan fingerprint density at radius 2 is 2.07 bits per heavy atom. The van der Waals surface area contributed by atoms with Crippen molar-refractivity contribution in [2.24, 2.45) is 5.41 Å². The summed E-state index contributed by atoms with van der Waals surface area (Å²) in [5.41, 5.74) is 0.469. The predicted molar refractivity (Wildman–Crippen MR) is 67.2 cm³/mol. The molecule has 1 fully saturated rings. The molecule has 0 bridgehead atoms. The van der Waals surface area contributed by atoms with Crippen molar-refractivity contribution in [3.8, 4) is 0 Å². The van der Waals surface area contributed by atoms with Crippen molar-refractivity contribution in [3.05, 3.63) is 0 Å². The minimum Gasteiger partial charge on any atom is -0.313 e. The van der Waals surface area contributed by atoms with Crippen LogP contribution in [0.4, 0.5) is 0 Å².